The van der Waals surface area contributed by atoms with Crippen LogP contribution in [0.4, 0.5) is 11.4 Å². The van der Waals surface area contributed by atoms with Gasteiger partial charge >= 0.3 is 5.97 Å². The Kier molecular flexibility index (Phi) is 7.61. The minimum absolute atomic E-state index is 0.00753. The van der Waals surface area contributed by atoms with Crippen molar-refractivity contribution < 1.29 is 27.7 Å². The highest BCUT2D eigenvalue weighted by atomic mass is 32.2. The number of esters is 1. The van der Waals surface area contributed by atoms with Crippen LogP contribution in [0.15, 0.2) is 59.5 Å². The average molecular weight is 435 g/mol. The molecule has 0 saturated heterocycles. The minimum atomic E-state index is -3.96. The van der Waals surface area contributed by atoms with Gasteiger partial charge in [-0.3, -0.25) is 19.7 Å². The number of nitro groups is 1. The smallest absolute Gasteiger partial charge is 0.324 e. The number of hydrogen-bond acceptors (Lipinski definition) is 7. The fourth-order valence-corrected chi connectivity index (χ4v) is 3.77. The van der Waals surface area contributed by atoms with Crippen LogP contribution in [0.3, 0.4) is 0 Å². The van der Waals surface area contributed by atoms with E-state index < -0.39 is 45.4 Å². The Morgan fingerprint density at radius 3 is 2.37 bits per heavy atom. The summed E-state index contributed by atoms with van der Waals surface area (Å²) in [6.07, 6.45) is 0. The van der Waals surface area contributed by atoms with E-state index in [0.717, 1.165) is 6.07 Å². The minimum Gasteiger partial charge on any atom is -0.454 e. The van der Waals surface area contributed by atoms with Crippen LogP contribution in [0.5, 0.6) is 0 Å². The van der Waals surface area contributed by atoms with Crippen molar-refractivity contribution in [3.05, 3.63) is 64.7 Å². The molecular formula is C19H21N3O7S. The first-order chi connectivity index (χ1) is 14.1. The summed E-state index contributed by atoms with van der Waals surface area (Å²) in [4.78, 5) is 34.5. The Hall–Kier alpha value is -3.31. The predicted molar refractivity (Wildman–Crippen MR) is 108 cm³/mol. The quantitative estimate of drug-likeness (QED) is 0.348. The maximum Gasteiger partial charge on any atom is 0.324 e. The highest BCUT2D eigenvalue weighted by Gasteiger charge is 2.30. The monoisotopic (exact) mass is 435 g/mol. The number of non-ortho nitro benzene ring substituents is 1. The van der Waals surface area contributed by atoms with Gasteiger partial charge in [-0.2, -0.15) is 4.72 Å². The summed E-state index contributed by atoms with van der Waals surface area (Å²) in [6, 6.07) is 11.6. The number of carbonyl (C=O) groups excluding carboxylic acids is 2. The molecule has 160 valence electrons. The Morgan fingerprint density at radius 1 is 1.10 bits per heavy atom. The molecule has 1 atom stereocenters. The van der Waals surface area contributed by atoms with E-state index in [1.807, 2.05) is 0 Å². The molecule has 2 rings (SSSR count). The van der Waals surface area contributed by atoms with Crippen molar-refractivity contribution >= 4 is 33.3 Å². The third-order valence-corrected chi connectivity index (χ3v) is 5.40. The molecule has 0 saturated carbocycles. The Balaban J connectivity index is 1.99. The molecule has 30 heavy (non-hydrogen) atoms. The lowest BCUT2D eigenvalue weighted by Gasteiger charge is -2.20. The van der Waals surface area contributed by atoms with Crippen molar-refractivity contribution in [2.75, 3.05) is 11.9 Å². The number of anilines is 1. The number of rotatable bonds is 9. The van der Waals surface area contributed by atoms with Crippen molar-refractivity contribution in [3.63, 3.8) is 0 Å². The van der Waals surface area contributed by atoms with Crippen LogP contribution in [0, 0.1) is 16.0 Å². The fraction of sp³-hybridized carbons (Fsp3) is 0.263. The van der Waals surface area contributed by atoms with Gasteiger partial charge in [0.2, 0.25) is 10.0 Å². The molecular weight excluding hydrogens is 414 g/mol. The van der Waals surface area contributed by atoms with E-state index in [-0.39, 0.29) is 16.3 Å². The first kappa shape index (κ1) is 23.0. The molecule has 0 radical (unpaired) electrons. The van der Waals surface area contributed by atoms with Gasteiger partial charge in [0, 0.05) is 17.8 Å². The molecule has 0 unspecified atom stereocenters. The van der Waals surface area contributed by atoms with Crippen LogP contribution in [-0.4, -0.2) is 37.9 Å². The Morgan fingerprint density at radius 2 is 1.77 bits per heavy atom. The van der Waals surface area contributed by atoms with Crippen molar-refractivity contribution in [1.29, 1.82) is 0 Å². The van der Waals surface area contributed by atoms with E-state index in [4.69, 9.17) is 4.74 Å². The summed E-state index contributed by atoms with van der Waals surface area (Å²) in [5.74, 6) is -2.09. The van der Waals surface area contributed by atoms with Crippen LogP contribution in [-0.2, 0) is 24.3 Å². The van der Waals surface area contributed by atoms with E-state index in [9.17, 15) is 28.1 Å². The summed E-state index contributed by atoms with van der Waals surface area (Å²) in [5, 5.41) is 13.2. The number of carbonyl (C=O) groups is 2. The molecule has 0 aliphatic heterocycles. The van der Waals surface area contributed by atoms with Crippen molar-refractivity contribution in [1.82, 2.24) is 4.72 Å². The van der Waals surface area contributed by atoms with Crippen LogP contribution in [0.2, 0.25) is 0 Å². The molecule has 0 heterocycles. The molecule has 0 bridgehead atoms. The number of benzene rings is 2. The van der Waals surface area contributed by atoms with E-state index >= 15 is 0 Å². The van der Waals surface area contributed by atoms with Crippen molar-refractivity contribution in [2.24, 2.45) is 5.92 Å². The van der Waals surface area contributed by atoms with Gasteiger partial charge in [-0.25, -0.2) is 8.42 Å². The largest absolute Gasteiger partial charge is 0.454 e. The topological polar surface area (TPSA) is 145 Å². The second-order valence-corrected chi connectivity index (χ2v) is 8.33. The van der Waals surface area contributed by atoms with Crippen LogP contribution >= 0.6 is 0 Å². The third-order valence-electron chi connectivity index (χ3n) is 3.94. The molecule has 2 aromatic rings. The standard InChI is InChI=1S/C19H21N3O7S/c1-13(2)18(21-30(27,28)16-9-4-3-5-10-16)19(24)29-12-17(23)20-14-7-6-8-15(11-14)22(25)26/h3-11,13,18,21H,12H2,1-2H3,(H,20,23)/t18-/m1/s1. The van der Waals surface area contributed by atoms with Gasteiger partial charge in [0.15, 0.2) is 6.61 Å². The second-order valence-electron chi connectivity index (χ2n) is 6.62. The molecule has 10 nitrogen and oxygen atoms in total. The SMILES string of the molecule is CC(C)[C@@H](NS(=O)(=O)c1ccccc1)C(=O)OCC(=O)Nc1cccc([N+](=O)[O-])c1. The number of nitrogens with one attached hydrogen (secondary N) is 2. The first-order valence-electron chi connectivity index (χ1n) is 8.88. The predicted octanol–water partition coefficient (Wildman–Crippen LogP) is 2.08. The van der Waals surface area contributed by atoms with Gasteiger partial charge in [0.1, 0.15) is 6.04 Å². The van der Waals surface area contributed by atoms with E-state index in [1.165, 1.54) is 30.3 Å². The zero-order chi connectivity index (χ0) is 22.3. The molecule has 1 amide bonds. The Bertz CT molecular complexity index is 1020. The van der Waals surface area contributed by atoms with Crippen LogP contribution in [0.25, 0.3) is 0 Å². The Labute approximate surface area is 173 Å². The first-order valence-corrected chi connectivity index (χ1v) is 10.4. The van der Waals surface area contributed by atoms with Gasteiger partial charge in [0.05, 0.1) is 9.82 Å². The summed E-state index contributed by atoms with van der Waals surface area (Å²) in [7, 11) is -3.96. The number of nitro benzene ring substituents is 1. The van der Waals surface area contributed by atoms with Gasteiger partial charge < -0.3 is 10.1 Å². The fourth-order valence-electron chi connectivity index (χ4n) is 2.41. The van der Waals surface area contributed by atoms with E-state index in [1.54, 1.807) is 32.0 Å². The van der Waals surface area contributed by atoms with Gasteiger partial charge in [-0.05, 0) is 24.1 Å². The summed E-state index contributed by atoms with van der Waals surface area (Å²) < 4.78 is 32.2. The van der Waals surface area contributed by atoms with Gasteiger partial charge in [-0.1, -0.05) is 38.1 Å². The number of sulfonamides is 1. The molecule has 0 aliphatic carbocycles. The summed E-state index contributed by atoms with van der Waals surface area (Å²) in [6.45, 7) is 2.57. The normalized spacial score (nSPS) is 12.2. The summed E-state index contributed by atoms with van der Waals surface area (Å²) >= 11 is 0. The van der Waals surface area contributed by atoms with Gasteiger partial charge in [0.25, 0.3) is 11.6 Å². The lowest BCUT2D eigenvalue weighted by atomic mass is 10.1. The third kappa shape index (κ3) is 6.36. The maximum atomic E-state index is 12.5. The number of ether oxygens (including phenoxy) is 1. The molecule has 0 aliphatic rings. The lowest BCUT2D eigenvalue weighted by Crippen LogP contribution is -2.45. The highest BCUT2D eigenvalue weighted by molar-refractivity contribution is 7.89. The van der Waals surface area contributed by atoms with Crippen LogP contribution < -0.4 is 10.0 Å². The second kappa shape index (κ2) is 9.94. The van der Waals surface area contributed by atoms with Crippen molar-refractivity contribution in [2.45, 2.75) is 24.8 Å². The molecule has 0 aromatic heterocycles. The van der Waals surface area contributed by atoms with E-state index in [2.05, 4.69) is 10.0 Å². The molecule has 2 N–H and O–H groups in total. The molecule has 0 spiro atoms. The number of amides is 1. The molecule has 2 aromatic carbocycles. The average Bonchev–Trinajstić information content (AvgIpc) is 2.71. The highest BCUT2D eigenvalue weighted by Crippen LogP contribution is 2.17. The summed E-state index contributed by atoms with van der Waals surface area (Å²) in [5.41, 5.74) is -0.0459. The van der Waals surface area contributed by atoms with E-state index in [0.29, 0.717) is 0 Å². The van der Waals surface area contributed by atoms with Crippen molar-refractivity contribution in [3.8, 4) is 0 Å². The number of nitrogens with zero attached hydrogens (tertiary/aromatic N) is 1. The lowest BCUT2D eigenvalue weighted by molar-refractivity contribution is -0.384. The van der Waals surface area contributed by atoms with Gasteiger partial charge in [-0.15, -0.1) is 0 Å². The maximum absolute atomic E-state index is 12.5. The zero-order valence-electron chi connectivity index (χ0n) is 16.3. The number of hydrogen-bond donors (Lipinski definition) is 2. The molecule has 0 fully saturated rings. The molecule has 11 heteroatoms. The van der Waals surface area contributed by atoms with Crippen LogP contribution in [0.1, 0.15) is 13.8 Å². The zero-order valence-corrected chi connectivity index (χ0v) is 17.1.